The van der Waals surface area contributed by atoms with Crippen molar-refractivity contribution in [1.29, 1.82) is 0 Å². The molecule has 10 nitrogen and oxygen atoms in total. The van der Waals surface area contributed by atoms with Gasteiger partial charge < -0.3 is 15.5 Å². The van der Waals surface area contributed by atoms with E-state index in [0.717, 1.165) is 31.4 Å². The van der Waals surface area contributed by atoms with Crippen molar-refractivity contribution < 1.29 is 23.4 Å². The van der Waals surface area contributed by atoms with Crippen molar-refractivity contribution in [2.45, 2.75) is 63.4 Å². The van der Waals surface area contributed by atoms with Gasteiger partial charge in [-0.1, -0.05) is 18.1 Å². The first-order valence-electron chi connectivity index (χ1n) is 10.8. The summed E-state index contributed by atoms with van der Waals surface area (Å²) in [4.78, 5) is 14.4. The minimum atomic E-state index is -2.91. The van der Waals surface area contributed by atoms with Gasteiger partial charge >= 0.3 is 0 Å². The highest BCUT2D eigenvalue weighted by molar-refractivity contribution is 7.91. The normalized spacial score (nSPS) is 32.5. The lowest BCUT2D eigenvalue weighted by Gasteiger charge is -2.25. The van der Waals surface area contributed by atoms with Crippen LogP contribution in [0, 0.1) is 11.8 Å². The number of aliphatic hydroxyl groups excluding tert-OH is 2. The molecule has 2 heterocycles. The van der Waals surface area contributed by atoms with Crippen LogP contribution in [0.3, 0.4) is 0 Å². The summed E-state index contributed by atoms with van der Waals surface area (Å²) in [6.45, 7) is 1.91. The Kier molecular flexibility index (Phi) is 6.42. The van der Waals surface area contributed by atoms with Crippen molar-refractivity contribution in [3.05, 3.63) is 11.9 Å². The van der Waals surface area contributed by atoms with Crippen molar-refractivity contribution >= 4 is 15.7 Å². The molecular formula is C19H31N5O5S. The van der Waals surface area contributed by atoms with Gasteiger partial charge in [0.1, 0.15) is 6.10 Å². The number of carbonyl (C=O) groups excluding carboxylic acids is 1. The Labute approximate surface area is 176 Å². The fourth-order valence-electron chi connectivity index (χ4n) is 4.82. The lowest BCUT2D eigenvalue weighted by Crippen LogP contribution is -2.45. The number of nitrogens with zero attached hydrogens (tertiary/aromatic N) is 4. The van der Waals surface area contributed by atoms with Crippen LogP contribution in [0.5, 0.6) is 0 Å². The van der Waals surface area contributed by atoms with E-state index in [2.05, 4.69) is 15.6 Å². The molecule has 4 rings (SSSR count). The number of carbonyl (C=O) groups is 1. The van der Waals surface area contributed by atoms with Crippen molar-refractivity contribution in [3.8, 4) is 0 Å². The van der Waals surface area contributed by atoms with Crippen LogP contribution in [0.15, 0.2) is 6.20 Å². The second-order valence-corrected chi connectivity index (χ2v) is 11.2. The molecule has 3 aliphatic rings. The maximum Gasteiger partial charge on any atom is 0.223 e. The highest BCUT2D eigenvalue weighted by atomic mass is 32.2. The monoisotopic (exact) mass is 441 g/mol. The molecular weight excluding hydrogens is 410 g/mol. The van der Waals surface area contributed by atoms with Crippen molar-refractivity contribution in [2.24, 2.45) is 11.8 Å². The van der Waals surface area contributed by atoms with E-state index in [4.69, 9.17) is 0 Å². The number of aromatic nitrogens is 3. The Morgan fingerprint density at radius 2 is 1.87 bits per heavy atom. The Morgan fingerprint density at radius 1 is 1.17 bits per heavy atom. The van der Waals surface area contributed by atoms with E-state index in [-0.39, 0.29) is 29.2 Å². The van der Waals surface area contributed by atoms with Crippen LogP contribution in [0.4, 0.5) is 0 Å². The summed E-state index contributed by atoms with van der Waals surface area (Å²) in [6, 6.07) is -0.448. The van der Waals surface area contributed by atoms with Crippen LogP contribution in [0.1, 0.15) is 37.8 Å². The average Bonchev–Trinajstić information content (AvgIpc) is 3.43. The van der Waals surface area contributed by atoms with E-state index >= 15 is 0 Å². The van der Waals surface area contributed by atoms with Crippen LogP contribution in [0.25, 0.3) is 0 Å². The summed E-state index contributed by atoms with van der Waals surface area (Å²) in [7, 11) is -2.91. The van der Waals surface area contributed by atoms with Gasteiger partial charge in [-0.2, -0.15) is 0 Å². The second-order valence-electron chi connectivity index (χ2n) is 8.93. The lowest BCUT2D eigenvalue weighted by atomic mass is 10.1. The molecule has 2 saturated carbocycles. The average molecular weight is 442 g/mol. The summed E-state index contributed by atoms with van der Waals surface area (Å²) in [5, 5.41) is 32.1. The predicted octanol–water partition coefficient (Wildman–Crippen LogP) is -1.07. The van der Waals surface area contributed by atoms with Crippen molar-refractivity contribution in [1.82, 2.24) is 25.2 Å². The minimum Gasteiger partial charge on any atom is -0.390 e. The first kappa shape index (κ1) is 21.7. The minimum absolute atomic E-state index is 0.0176. The SMILES string of the molecule is O=C(N[C@@H]1C[C@H](Cn2cc(CN3CCS(=O)(=O)CC3)nn2)[C@@H](O)[C@H]1O)C1CCCC1. The number of rotatable bonds is 6. The molecule has 1 amide bonds. The first-order valence-corrected chi connectivity index (χ1v) is 12.6. The fraction of sp³-hybridized carbons (Fsp3) is 0.842. The Bertz CT molecular complexity index is 839. The number of nitrogens with one attached hydrogen (secondary N) is 1. The topological polar surface area (TPSA) is 138 Å². The van der Waals surface area contributed by atoms with Crippen LogP contribution >= 0.6 is 0 Å². The van der Waals surface area contributed by atoms with Crippen molar-refractivity contribution in [3.63, 3.8) is 0 Å². The quantitative estimate of drug-likeness (QED) is 0.507. The maximum absolute atomic E-state index is 12.4. The fourth-order valence-corrected chi connectivity index (χ4v) is 6.09. The third-order valence-corrected chi connectivity index (χ3v) is 8.29. The van der Waals surface area contributed by atoms with E-state index < -0.39 is 28.1 Å². The van der Waals surface area contributed by atoms with Crippen LogP contribution < -0.4 is 5.32 Å². The molecule has 1 aromatic rings. The number of hydrogen-bond acceptors (Lipinski definition) is 8. The molecule has 11 heteroatoms. The van der Waals surface area contributed by atoms with E-state index in [9.17, 15) is 23.4 Å². The highest BCUT2D eigenvalue weighted by Gasteiger charge is 2.43. The molecule has 0 bridgehead atoms. The number of amides is 1. The number of sulfone groups is 1. The van der Waals surface area contributed by atoms with E-state index in [1.165, 1.54) is 0 Å². The highest BCUT2D eigenvalue weighted by Crippen LogP contribution is 2.30. The zero-order chi connectivity index (χ0) is 21.3. The molecule has 2 aliphatic carbocycles. The van der Waals surface area contributed by atoms with Crippen LogP contribution in [-0.2, 0) is 27.7 Å². The summed E-state index contributed by atoms with van der Waals surface area (Å²) >= 11 is 0. The predicted molar refractivity (Wildman–Crippen MR) is 108 cm³/mol. The molecule has 3 fully saturated rings. The van der Waals surface area contributed by atoms with Gasteiger partial charge in [0.05, 0.1) is 29.3 Å². The summed E-state index contributed by atoms with van der Waals surface area (Å²) < 4.78 is 24.7. The molecule has 0 unspecified atom stereocenters. The third-order valence-electron chi connectivity index (χ3n) is 6.69. The van der Waals surface area contributed by atoms with Gasteiger partial charge in [0.15, 0.2) is 9.84 Å². The lowest BCUT2D eigenvalue weighted by molar-refractivity contribution is -0.126. The first-order chi connectivity index (χ1) is 14.3. The molecule has 168 valence electrons. The molecule has 30 heavy (non-hydrogen) atoms. The van der Waals surface area contributed by atoms with Gasteiger partial charge in [-0.05, 0) is 19.3 Å². The Hall–Kier alpha value is -1.56. The smallest absolute Gasteiger partial charge is 0.223 e. The van der Waals surface area contributed by atoms with Gasteiger partial charge in [-0.15, -0.1) is 5.10 Å². The van der Waals surface area contributed by atoms with Gasteiger partial charge in [-0.25, -0.2) is 8.42 Å². The van der Waals surface area contributed by atoms with Crippen molar-refractivity contribution in [2.75, 3.05) is 24.6 Å². The zero-order valence-corrected chi connectivity index (χ0v) is 17.9. The molecule has 0 radical (unpaired) electrons. The van der Waals surface area contributed by atoms with E-state index in [1.54, 1.807) is 10.9 Å². The summed E-state index contributed by atoms with van der Waals surface area (Å²) in [5.41, 5.74) is 0.744. The van der Waals surface area contributed by atoms with Gasteiger partial charge in [0.25, 0.3) is 0 Å². The van der Waals surface area contributed by atoms with E-state index in [1.807, 2.05) is 4.90 Å². The molecule has 1 aromatic heterocycles. The number of hydrogen-bond donors (Lipinski definition) is 3. The van der Waals surface area contributed by atoms with Gasteiger partial charge in [0.2, 0.25) is 5.91 Å². The van der Waals surface area contributed by atoms with Gasteiger partial charge in [-0.3, -0.25) is 14.4 Å². The summed E-state index contributed by atoms with van der Waals surface area (Å²) in [5.74, 6) is 0.110. The maximum atomic E-state index is 12.4. The zero-order valence-electron chi connectivity index (χ0n) is 17.1. The van der Waals surface area contributed by atoms with Crippen LogP contribution in [-0.4, -0.2) is 87.3 Å². The third kappa shape index (κ3) is 5.01. The standard InChI is InChI=1S/C19H31N5O5S/c25-17-14(9-16(18(17)26)20-19(27)13-3-1-2-4-13)10-24-12-15(21-22-24)11-23-5-7-30(28,29)8-6-23/h12-14,16-18,25-26H,1-11H2,(H,20,27)/t14-,16-,17-,18+/m1/s1. The second kappa shape index (κ2) is 8.89. The van der Waals surface area contributed by atoms with Crippen LogP contribution in [0.2, 0.25) is 0 Å². The molecule has 1 aliphatic heterocycles. The van der Waals surface area contributed by atoms with Gasteiger partial charge in [0, 0.05) is 44.2 Å². The van der Waals surface area contributed by atoms with E-state index in [0.29, 0.717) is 32.6 Å². The largest absolute Gasteiger partial charge is 0.390 e. The molecule has 4 atom stereocenters. The number of aliphatic hydroxyl groups is 2. The Balaban J connectivity index is 1.29. The molecule has 3 N–H and O–H groups in total. The molecule has 0 spiro atoms. The molecule has 0 aromatic carbocycles. The Morgan fingerprint density at radius 3 is 2.57 bits per heavy atom. The summed E-state index contributed by atoms with van der Waals surface area (Å²) in [6.07, 6.45) is 4.29. The molecule has 1 saturated heterocycles.